The number of hydrogen-bond acceptors (Lipinski definition) is 3. The first kappa shape index (κ1) is 19.1. The van der Waals surface area contributed by atoms with E-state index in [1.165, 1.54) is 12.0 Å². The van der Waals surface area contributed by atoms with Crippen LogP contribution in [0.15, 0.2) is 24.3 Å². The SMILES string of the molecule is COCCNC(=S)N1[C@@H]2CCC[C@H]1CC(NC(=O)c1ccc(C)cc1)C2. The molecule has 2 heterocycles. The van der Waals surface area contributed by atoms with Crippen LogP contribution in [0.25, 0.3) is 0 Å². The van der Waals surface area contributed by atoms with Crippen molar-refractivity contribution < 1.29 is 9.53 Å². The Hall–Kier alpha value is -1.66. The van der Waals surface area contributed by atoms with Crippen molar-refractivity contribution in [3.8, 4) is 0 Å². The molecule has 2 bridgehead atoms. The van der Waals surface area contributed by atoms with E-state index in [4.69, 9.17) is 17.0 Å². The van der Waals surface area contributed by atoms with Crippen LogP contribution < -0.4 is 10.6 Å². The number of hydrogen-bond donors (Lipinski definition) is 2. The van der Waals surface area contributed by atoms with E-state index in [2.05, 4.69) is 15.5 Å². The quantitative estimate of drug-likeness (QED) is 0.612. The van der Waals surface area contributed by atoms with Crippen LogP contribution in [0.1, 0.15) is 48.0 Å². The molecule has 2 aliphatic heterocycles. The minimum atomic E-state index is 0.0299. The Kier molecular flexibility index (Phi) is 6.48. The van der Waals surface area contributed by atoms with E-state index in [1.54, 1.807) is 7.11 Å². The lowest BCUT2D eigenvalue weighted by Crippen LogP contribution is -2.61. The van der Waals surface area contributed by atoms with Gasteiger partial charge in [-0.1, -0.05) is 17.7 Å². The third-order valence-electron chi connectivity index (χ3n) is 5.44. The van der Waals surface area contributed by atoms with Gasteiger partial charge in [0.05, 0.1) is 6.61 Å². The van der Waals surface area contributed by atoms with Gasteiger partial charge >= 0.3 is 0 Å². The van der Waals surface area contributed by atoms with Crippen molar-refractivity contribution in [2.24, 2.45) is 0 Å². The molecule has 2 saturated heterocycles. The van der Waals surface area contributed by atoms with E-state index in [0.717, 1.165) is 42.9 Å². The van der Waals surface area contributed by atoms with E-state index in [9.17, 15) is 4.79 Å². The first-order valence-corrected chi connectivity index (χ1v) is 9.92. The molecule has 3 rings (SSSR count). The molecule has 0 radical (unpaired) electrons. The number of carbonyl (C=O) groups excluding carboxylic acids is 1. The minimum Gasteiger partial charge on any atom is -0.383 e. The van der Waals surface area contributed by atoms with Gasteiger partial charge in [0.25, 0.3) is 5.91 Å². The number of aryl methyl sites for hydroxylation is 1. The molecule has 0 spiro atoms. The summed E-state index contributed by atoms with van der Waals surface area (Å²) in [5, 5.41) is 7.39. The molecule has 2 aliphatic rings. The normalized spacial score (nSPS) is 24.8. The average molecular weight is 376 g/mol. The van der Waals surface area contributed by atoms with Crippen molar-refractivity contribution in [2.45, 2.75) is 57.2 Å². The number of benzene rings is 1. The number of rotatable bonds is 5. The first-order chi connectivity index (χ1) is 12.6. The van der Waals surface area contributed by atoms with E-state index in [-0.39, 0.29) is 11.9 Å². The van der Waals surface area contributed by atoms with Crippen LogP contribution in [0.4, 0.5) is 0 Å². The van der Waals surface area contributed by atoms with Gasteiger partial charge < -0.3 is 20.3 Å². The van der Waals surface area contributed by atoms with E-state index >= 15 is 0 Å². The molecule has 3 atom stereocenters. The summed E-state index contributed by atoms with van der Waals surface area (Å²) in [6.45, 7) is 3.42. The molecule has 0 aromatic heterocycles. The van der Waals surface area contributed by atoms with Gasteiger partial charge in [-0.15, -0.1) is 0 Å². The predicted octanol–water partition coefficient (Wildman–Crippen LogP) is 2.63. The summed E-state index contributed by atoms with van der Waals surface area (Å²) in [6, 6.07) is 8.80. The number of nitrogens with one attached hydrogen (secondary N) is 2. The van der Waals surface area contributed by atoms with Crippen molar-refractivity contribution in [2.75, 3.05) is 20.3 Å². The van der Waals surface area contributed by atoms with E-state index in [1.807, 2.05) is 31.2 Å². The van der Waals surface area contributed by atoms with Crippen LogP contribution in [0.2, 0.25) is 0 Å². The number of fused-ring (bicyclic) bond motifs is 2. The molecule has 0 saturated carbocycles. The van der Waals surface area contributed by atoms with Gasteiger partial charge in [-0.05, 0) is 63.4 Å². The molecule has 1 unspecified atom stereocenters. The maximum absolute atomic E-state index is 12.6. The molecular weight excluding hydrogens is 346 g/mol. The van der Waals surface area contributed by atoms with Crippen LogP contribution in [-0.2, 0) is 4.74 Å². The highest BCUT2D eigenvalue weighted by Gasteiger charge is 2.39. The smallest absolute Gasteiger partial charge is 0.251 e. The number of thiocarbonyl (C=S) groups is 1. The summed E-state index contributed by atoms with van der Waals surface area (Å²) < 4.78 is 5.10. The zero-order valence-electron chi connectivity index (χ0n) is 15.7. The zero-order chi connectivity index (χ0) is 18.5. The van der Waals surface area contributed by atoms with Crippen molar-refractivity contribution in [3.05, 3.63) is 35.4 Å². The Morgan fingerprint density at radius 2 is 1.88 bits per heavy atom. The number of nitrogens with zero attached hydrogens (tertiary/aromatic N) is 1. The van der Waals surface area contributed by atoms with Gasteiger partial charge in [0.2, 0.25) is 0 Å². The van der Waals surface area contributed by atoms with Gasteiger partial charge in [-0.25, -0.2) is 0 Å². The molecular formula is C20H29N3O2S. The summed E-state index contributed by atoms with van der Waals surface area (Å²) in [6.07, 6.45) is 5.44. The molecule has 5 nitrogen and oxygen atoms in total. The fourth-order valence-corrected chi connectivity index (χ4v) is 4.56. The summed E-state index contributed by atoms with van der Waals surface area (Å²) >= 11 is 5.63. The Morgan fingerprint density at radius 3 is 2.50 bits per heavy atom. The van der Waals surface area contributed by atoms with Crippen LogP contribution >= 0.6 is 12.2 Å². The fraction of sp³-hybridized carbons (Fsp3) is 0.600. The molecule has 142 valence electrons. The second kappa shape index (κ2) is 8.82. The average Bonchev–Trinajstić information content (AvgIpc) is 2.61. The number of piperidine rings is 2. The molecule has 1 aromatic rings. The number of amides is 1. The number of ether oxygens (including phenoxy) is 1. The van der Waals surface area contributed by atoms with Gasteiger partial charge in [0.1, 0.15) is 0 Å². The second-order valence-electron chi connectivity index (χ2n) is 7.38. The fourth-order valence-electron chi connectivity index (χ4n) is 4.16. The lowest BCUT2D eigenvalue weighted by molar-refractivity contribution is 0.0737. The predicted molar refractivity (Wildman–Crippen MR) is 107 cm³/mol. The van der Waals surface area contributed by atoms with Gasteiger partial charge in [0, 0.05) is 37.3 Å². The second-order valence-corrected chi connectivity index (χ2v) is 7.77. The molecule has 0 aliphatic carbocycles. The molecule has 2 N–H and O–H groups in total. The third-order valence-corrected chi connectivity index (χ3v) is 5.80. The Labute approximate surface area is 161 Å². The maximum Gasteiger partial charge on any atom is 0.251 e. The monoisotopic (exact) mass is 375 g/mol. The van der Waals surface area contributed by atoms with Crippen LogP contribution in [0, 0.1) is 6.92 Å². The summed E-state index contributed by atoms with van der Waals surface area (Å²) in [4.78, 5) is 14.9. The highest BCUT2D eigenvalue weighted by Crippen LogP contribution is 2.34. The Balaban J connectivity index is 1.59. The van der Waals surface area contributed by atoms with Gasteiger partial charge in [0.15, 0.2) is 5.11 Å². The largest absolute Gasteiger partial charge is 0.383 e. The van der Waals surface area contributed by atoms with Crippen LogP contribution in [0.3, 0.4) is 0 Å². The summed E-state index contributed by atoms with van der Waals surface area (Å²) in [5.41, 5.74) is 1.90. The number of carbonyl (C=O) groups is 1. The highest BCUT2D eigenvalue weighted by atomic mass is 32.1. The van der Waals surface area contributed by atoms with Crippen molar-refractivity contribution in [3.63, 3.8) is 0 Å². The van der Waals surface area contributed by atoms with Crippen molar-refractivity contribution >= 4 is 23.2 Å². The van der Waals surface area contributed by atoms with Gasteiger partial charge in [-0.2, -0.15) is 0 Å². The first-order valence-electron chi connectivity index (χ1n) is 9.51. The van der Waals surface area contributed by atoms with E-state index < -0.39 is 0 Å². The maximum atomic E-state index is 12.6. The Bertz CT molecular complexity index is 620. The molecule has 6 heteroatoms. The minimum absolute atomic E-state index is 0.0299. The molecule has 1 amide bonds. The summed E-state index contributed by atoms with van der Waals surface area (Å²) in [5.74, 6) is 0.0299. The topological polar surface area (TPSA) is 53.6 Å². The van der Waals surface area contributed by atoms with E-state index in [0.29, 0.717) is 18.7 Å². The standard InChI is InChI=1S/C20H29N3O2S/c1-14-6-8-15(9-7-14)19(24)22-16-12-17-4-3-5-18(13-16)23(17)20(26)21-10-11-25-2/h6-9,16-18H,3-5,10-13H2,1-2H3,(H,21,26)(H,22,24)/t16?,17-,18+. The van der Waals surface area contributed by atoms with Crippen LogP contribution in [0.5, 0.6) is 0 Å². The molecule has 1 aromatic carbocycles. The van der Waals surface area contributed by atoms with Crippen molar-refractivity contribution in [1.82, 2.24) is 15.5 Å². The third kappa shape index (κ3) is 4.54. The Morgan fingerprint density at radius 1 is 1.23 bits per heavy atom. The highest BCUT2D eigenvalue weighted by molar-refractivity contribution is 7.80. The molecule has 26 heavy (non-hydrogen) atoms. The zero-order valence-corrected chi connectivity index (χ0v) is 16.5. The lowest BCUT2D eigenvalue weighted by atomic mass is 9.82. The summed E-state index contributed by atoms with van der Waals surface area (Å²) in [7, 11) is 1.70. The number of methoxy groups -OCH3 is 1. The van der Waals surface area contributed by atoms with Crippen LogP contribution in [-0.4, -0.2) is 54.3 Å². The van der Waals surface area contributed by atoms with Crippen molar-refractivity contribution in [1.29, 1.82) is 0 Å². The molecule has 2 fully saturated rings. The van der Waals surface area contributed by atoms with Gasteiger partial charge in [-0.3, -0.25) is 4.79 Å². The lowest BCUT2D eigenvalue weighted by Gasteiger charge is -2.50.